The van der Waals surface area contributed by atoms with Crippen molar-refractivity contribution < 1.29 is 23.8 Å². The van der Waals surface area contributed by atoms with Crippen molar-refractivity contribution in [2.75, 3.05) is 13.1 Å². The van der Waals surface area contributed by atoms with Gasteiger partial charge in [0.2, 0.25) is 5.91 Å². The molecule has 7 nitrogen and oxygen atoms in total. The summed E-state index contributed by atoms with van der Waals surface area (Å²) >= 11 is 0. The number of carbonyl (C=O) groups is 2. The summed E-state index contributed by atoms with van der Waals surface area (Å²) in [5.41, 5.74) is 1.79. The third-order valence-corrected chi connectivity index (χ3v) is 6.30. The van der Waals surface area contributed by atoms with Crippen LogP contribution in [-0.2, 0) is 22.4 Å². The van der Waals surface area contributed by atoms with Crippen LogP contribution in [0, 0.1) is 12.8 Å². The van der Waals surface area contributed by atoms with Crippen molar-refractivity contribution in [2.45, 2.75) is 58.5 Å². The Bertz CT molecular complexity index is 1080. The summed E-state index contributed by atoms with van der Waals surface area (Å²) in [4.78, 5) is 38.3. The average Bonchev–Trinajstić information content (AvgIpc) is 2.69. The zero-order chi connectivity index (χ0) is 21.6. The van der Waals surface area contributed by atoms with E-state index < -0.39 is 17.5 Å². The largest absolute Gasteiger partial charge is 0.487 e. The number of likely N-dealkylation sites (tertiary alicyclic amines) is 1. The molecule has 3 heterocycles. The van der Waals surface area contributed by atoms with Gasteiger partial charge in [0.15, 0.2) is 0 Å². The van der Waals surface area contributed by atoms with Crippen LogP contribution >= 0.6 is 0 Å². The third-order valence-electron chi connectivity index (χ3n) is 6.30. The molecular weight excluding hydrogens is 386 g/mol. The van der Waals surface area contributed by atoms with Crippen LogP contribution in [0.3, 0.4) is 0 Å². The fraction of sp³-hybridized carbons (Fsp3) is 0.522. The minimum absolute atomic E-state index is 0.0862. The first-order chi connectivity index (χ1) is 14.1. The molecule has 1 saturated heterocycles. The number of hydrogen-bond acceptors (Lipinski definition) is 5. The maximum Gasteiger partial charge on any atom is 0.340 e. The van der Waals surface area contributed by atoms with Gasteiger partial charge in [0.25, 0.3) is 0 Å². The van der Waals surface area contributed by atoms with Gasteiger partial charge in [0, 0.05) is 24.5 Å². The lowest BCUT2D eigenvalue weighted by molar-refractivity contribution is -0.145. The second kappa shape index (κ2) is 7.45. The molecule has 0 spiro atoms. The van der Waals surface area contributed by atoms with Crippen LogP contribution in [0.1, 0.15) is 49.8 Å². The van der Waals surface area contributed by atoms with Gasteiger partial charge >= 0.3 is 11.6 Å². The van der Waals surface area contributed by atoms with Crippen molar-refractivity contribution in [3.8, 4) is 5.75 Å². The number of carbonyl (C=O) groups excluding carboxylic acids is 1. The molecule has 0 radical (unpaired) electrons. The Hall–Kier alpha value is -2.83. The molecule has 1 aromatic carbocycles. The van der Waals surface area contributed by atoms with Gasteiger partial charge in [-0.2, -0.15) is 0 Å². The van der Waals surface area contributed by atoms with Gasteiger partial charge in [-0.15, -0.1) is 0 Å². The zero-order valence-electron chi connectivity index (χ0n) is 17.6. The number of amides is 1. The Balaban J connectivity index is 1.64. The van der Waals surface area contributed by atoms with Crippen LogP contribution in [0.5, 0.6) is 5.75 Å². The van der Waals surface area contributed by atoms with Crippen LogP contribution in [-0.4, -0.2) is 40.6 Å². The molecule has 2 aliphatic rings. The summed E-state index contributed by atoms with van der Waals surface area (Å²) in [5.74, 6) is -0.937. The fourth-order valence-corrected chi connectivity index (χ4v) is 4.41. The second-order valence-corrected chi connectivity index (χ2v) is 9.00. The van der Waals surface area contributed by atoms with Crippen molar-refractivity contribution in [1.82, 2.24) is 4.90 Å². The van der Waals surface area contributed by atoms with Crippen molar-refractivity contribution in [3.63, 3.8) is 0 Å². The fourth-order valence-electron chi connectivity index (χ4n) is 4.41. The Morgan fingerprint density at radius 2 is 2.07 bits per heavy atom. The summed E-state index contributed by atoms with van der Waals surface area (Å²) in [7, 11) is 0. The van der Waals surface area contributed by atoms with E-state index in [2.05, 4.69) is 0 Å². The van der Waals surface area contributed by atoms with E-state index >= 15 is 0 Å². The molecule has 0 bridgehead atoms. The molecule has 30 heavy (non-hydrogen) atoms. The average molecular weight is 413 g/mol. The Kier molecular flexibility index (Phi) is 5.08. The number of carboxylic acid groups (broad SMARTS) is 1. The highest BCUT2D eigenvalue weighted by molar-refractivity contribution is 5.86. The highest BCUT2D eigenvalue weighted by Crippen LogP contribution is 2.36. The van der Waals surface area contributed by atoms with E-state index in [0.29, 0.717) is 30.5 Å². The topological polar surface area (TPSA) is 97.1 Å². The minimum Gasteiger partial charge on any atom is -0.487 e. The lowest BCUT2D eigenvalue weighted by Crippen LogP contribution is -2.43. The molecule has 0 aliphatic carbocycles. The minimum atomic E-state index is -0.885. The van der Waals surface area contributed by atoms with Crippen LogP contribution < -0.4 is 10.4 Å². The molecule has 160 valence electrons. The van der Waals surface area contributed by atoms with E-state index in [4.69, 9.17) is 9.15 Å². The number of aliphatic carboxylic acids is 1. The van der Waals surface area contributed by atoms with Gasteiger partial charge in [-0.3, -0.25) is 9.59 Å². The second-order valence-electron chi connectivity index (χ2n) is 9.00. The number of ether oxygens (including phenoxy) is 1. The highest BCUT2D eigenvalue weighted by Gasteiger charge is 2.30. The van der Waals surface area contributed by atoms with Gasteiger partial charge in [-0.1, -0.05) is 0 Å². The lowest BCUT2D eigenvalue weighted by Gasteiger charge is -2.32. The number of nitrogens with zero attached hydrogens (tertiary/aromatic N) is 1. The van der Waals surface area contributed by atoms with E-state index in [-0.39, 0.29) is 24.5 Å². The number of piperidine rings is 1. The van der Waals surface area contributed by atoms with Gasteiger partial charge < -0.3 is 19.2 Å². The summed E-state index contributed by atoms with van der Waals surface area (Å²) in [6, 6.07) is 3.77. The van der Waals surface area contributed by atoms with E-state index in [1.807, 2.05) is 26.8 Å². The Morgan fingerprint density at radius 3 is 2.80 bits per heavy atom. The summed E-state index contributed by atoms with van der Waals surface area (Å²) in [6.45, 7) is 6.60. The standard InChI is InChI=1S/C23H27NO6/c1-13-16-9-14-6-7-23(2,3)30-18(14)11-19(16)29-22(28)17(13)10-20(25)24-8-4-5-15(12-24)21(26)27/h9,11,15H,4-8,10,12H2,1-3H3,(H,26,27)/t15-/m1/s1. The highest BCUT2D eigenvalue weighted by atomic mass is 16.5. The number of rotatable bonds is 3. The van der Waals surface area contributed by atoms with Gasteiger partial charge in [-0.05, 0) is 63.6 Å². The van der Waals surface area contributed by atoms with E-state index in [0.717, 1.165) is 35.1 Å². The van der Waals surface area contributed by atoms with Crippen molar-refractivity contribution in [3.05, 3.63) is 39.2 Å². The summed E-state index contributed by atoms with van der Waals surface area (Å²) in [5, 5.41) is 10.1. The first-order valence-electron chi connectivity index (χ1n) is 10.4. The molecular formula is C23H27NO6. The van der Waals surface area contributed by atoms with E-state index in [9.17, 15) is 19.5 Å². The summed E-state index contributed by atoms with van der Waals surface area (Å²) < 4.78 is 11.6. The van der Waals surface area contributed by atoms with E-state index in [1.54, 1.807) is 11.0 Å². The van der Waals surface area contributed by atoms with E-state index in [1.165, 1.54) is 0 Å². The molecule has 1 aromatic heterocycles. The molecule has 0 saturated carbocycles. The number of benzene rings is 1. The first-order valence-corrected chi connectivity index (χ1v) is 10.4. The van der Waals surface area contributed by atoms with Gasteiger partial charge in [0.1, 0.15) is 16.9 Å². The van der Waals surface area contributed by atoms with Gasteiger partial charge in [0.05, 0.1) is 17.9 Å². The number of hydrogen-bond donors (Lipinski definition) is 1. The maximum absolute atomic E-state index is 12.8. The maximum atomic E-state index is 12.8. The lowest BCUT2D eigenvalue weighted by atomic mass is 9.92. The first kappa shape index (κ1) is 20.4. The third kappa shape index (κ3) is 3.80. The Labute approximate surface area is 174 Å². The van der Waals surface area contributed by atoms with Crippen LogP contribution in [0.2, 0.25) is 0 Å². The number of carboxylic acids is 1. The Morgan fingerprint density at radius 1 is 1.30 bits per heavy atom. The van der Waals surface area contributed by atoms with Crippen molar-refractivity contribution in [1.29, 1.82) is 0 Å². The van der Waals surface area contributed by atoms with Gasteiger partial charge in [-0.25, -0.2) is 4.79 Å². The zero-order valence-corrected chi connectivity index (χ0v) is 17.6. The van der Waals surface area contributed by atoms with Crippen LogP contribution in [0.15, 0.2) is 21.3 Å². The van der Waals surface area contributed by atoms with Crippen molar-refractivity contribution >= 4 is 22.8 Å². The molecule has 1 atom stereocenters. The molecule has 1 fully saturated rings. The number of fused-ring (bicyclic) bond motifs is 2. The molecule has 2 aliphatic heterocycles. The molecule has 0 unspecified atom stereocenters. The molecule has 4 rings (SSSR count). The SMILES string of the molecule is Cc1c(CC(=O)N2CCC[C@@H](C(=O)O)C2)c(=O)oc2cc3c(cc12)CCC(C)(C)O3. The predicted octanol–water partition coefficient (Wildman–Crippen LogP) is 3.07. The van der Waals surface area contributed by atoms with Crippen LogP contribution in [0.25, 0.3) is 11.0 Å². The molecule has 1 amide bonds. The quantitative estimate of drug-likeness (QED) is 0.777. The molecule has 7 heteroatoms. The van der Waals surface area contributed by atoms with Crippen molar-refractivity contribution in [2.24, 2.45) is 5.92 Å². The predicted molar refractivity (Wildman–Crippen MR) is 111 cm³/mol. The van der Waals surface area contributed by atoms with Crippen LogP contribution in [0.4, 0.5) is 0 Å². The number of aryl methyl sites for hydroxylation is 2. The molecule has 1 N–H and O–H groups in total. The summed E-state index contributed by atoms with van der Waals surface area (Å²) in [6.07, 6.45) is 2.90. The molecule has 2 aromatic rings. The normalized spacial score (nSPS) is 20.5. The monoisotopic (exact) mass is 413 g/mol. The smallest absolute Gasteiger partial charge is 0.340 e.